The first-order valence-corrected chi connectivity index (χ1v) is 6.72. The van der Waals surface area contributed by atoms with Crippen LogP contribution in [0.1, 0.15) is 35.2 Å². The standard InChI is InChI=1S/C15H17N3O2/c1-9-4-5-13(10(2)6-9)18-8-12(7-14(18)19)15-16-11(3)17-20-15/h4-6,12H,7-8H2,1-3H3. The highest BCUT2D eigenvalue weighted by atomic mass is 16.5. The van der Waals surface area contributed by atoms with E-state index >= 15 is 0 Å². The summed E-state index contributed by atoms with van der Waals surface area (Å²) in [7, 11) is 0. The van der Waals surface area contributed by atoms with Crippen LogP contribution in [-0.4, -0.2) is 22.6 Å². The average Bonchev–Trinajstić information content (AvgIpc) is 2.96. The van der Waals surface area contributed by atoms with Gasteiger partial charge in [0.2, 0.25) is 11.8 Å². The molecule has 1 fully saturated rings. The first-order chi connectivity index (χ1) is 9.54. The first-order valence-electron chi connectivity index (χ1n) is 6.72. The van der Waals surface area contributed by atoms with Gasteiger partial charge in [0.15, 0.2) is 5.82 Å². The lowest BCUT2D eigenvalue weighted by molar-refractivity contribution is -0.117. The van der Waals surface area contributed by atoms with Gasteiger partial charge in [0.05, 0.1) is 5.92 Å². The maximum absolute atomic E-state index is 12.2. The van der Waals surface area contributed by atoms with Crippen LogP contribution >= 0.6 is 0 Å². The largest absolute Gasteiger partial charge is 0.339 e. The number of nitrogens with zero attached hydrogens (tertiary/aromatic N) is 3. The molecule has 1 amide bonds. The van der Waals surface area contributed by atoms with E-state index in [1.165, 1.54) is 5.56 Å². The predicted molar refractivity (Wildman–Crippen MR) is 74.7 cm³/mol. The van der Waals surface area contributed by atoms with E-state index in [9.17, 15) is 4.79 Å². The van der Waals surface area contributed by atoms with E-state index in [-0.39, 0.29) is 11.8 Å². The lowest BCUT2D eigenvalue weighted by Crippen LogP contribution is -2.25. The molecule has 2 heterocycles. The van der Waals surface area contributed by atoms with Crippen molar-refractivity contribution < 1.29 is 9.32 Å². The monoisotopic (exact) mass is 271 g/mol. The number of carbonyl (C=O) groups excluding carboxylic acids is 1. The highest BCUT2D eigenvalue weighted by molar-refractivity contribution is 5.97. The number of anilines is 1. The Kier molecular flexibility index (Phi) is 3.04. The van der Waals surface area contributed by atoms with Crippen molar-refractivity contribution in [3.8, 4) is 0 Å². The van der Waals surface area contributed by atoms with Gasteiger partial charge in [0, 0.05) is 18.7 Å². The van der Waals surface area contributed by atoms with Gasteiger partial charge in [-0.1, -0.05) is 22.9 Å². The second kappa shape index (κ2) is 4.74. The predicted octanol–water partition coefficient (Wildman–Crippen LogP) is 2.52. The third kappa shape index (κ3) is 2.19. The van der Waals surface area contributed by atoms with Crippen molar-refractivity contribution in [2.75, 3.05) is 11.4 Å². The SMILES string of the molecule is Cc1ccc(N2CC(c3nc(C)no3)CC2=O)c(C)c1. The molecule has 2 aromatic rings. The van der Waals surface area contributed by atoms with Crippen molar-refractivity contribution in [2.24, 2.45) is 0 Å². The van der Waals surface area contributed by atoms with Crippen molar-refractivity contribution in [2.45, 2.75) is 33.1 Å². The van der Waals surface area contributed by atoms with Gasteiger partial charge < -0.3 is 9.42 Å². The smallest absolute Gasteiger partial charge is 0.232 e. The Labute approximate surface area is 117 Å². The normalized spacial score (nSPS) is 18.9. The molecule has 0 N–H and O–H groups in total. The van der Waals surface area contributed by atoms with Crippen LogP contribution in [0.15, 0.2) is 22.7 Å². The molecule has 3 rings (SSSR count). The summed E-state index contributed by atoms with van der Waals surface area (Å²) >= 11 is 0. The minimum Gasteiger partial charge on any atom is -0.339 e. The fourth-order valence-electron chi connectivity index (χ4n) is 2.69. The number of rotatable bonds is 2. The van der Waals surface area contributed by atoms with Crippen LogP contribution in [0, 0.1) is 20.8 Å². The molecule has 0 spiro atoms. The topological polar surface area (TPSA) is 59.2 Å². The van der Waals surface area contributed by atoms with Crippen molar-refractivity contribution in [1.29, 1.82) is 0 Å². The third-order valence-electron chi connectivity index (χ3n) is 3.66. The molecule has 1 atom stereocenters. The van der Waals surface area contributed by atoms with E-state index in [1.54, 1.807) is 6.92 Å². The van der Waals surface area contributed by atoms with Gasteiger partial charge in [-0.05, 0) is 32.4 Å². The minimum absolute atomic E-state index is 0.00981. The number of aromatic nitrogens is 2. The Morgan fingerprint density at radius 3 is 2.75 bits per heavy atom. The second-order valence-electron chi connectivity index (χ2n) is 5.38. The Balaban J connectivity index is 1.87. The number of carbonyl (C=O) groups is 1. The molecule has 104 valence electrons. The van der Waals surface area contributed by atoms with Crippen LogP contribution in [0.2, 0.25) is 0 Å². The lowest BCUT2D eigenvalue weighted by Gasteiger charge is -2.19. The molecule has 1 unspecified atom stereocenters. The summed E-state index contributed by atoms with van der Waals surface area (Å²) in [5.41, 5.74) is 3.28. The van der Waals surface area contributed by atoms with Crippen LogP contribution in [0.4, 0.5) is 5.69 Å². The molecule has 0 saturated carbocycles. The average molecular weight is 271 g/mol. The summed E-state index contributed by atoms with van der Waals surface area (Å²) in [6, 6.07) is 6.12. The van der Waals surface area contributed by atoms with Gasteiger partial charge in [0.25, 0.3) is 0 Å². The first kappa shape index (κ1) is 12.8. The number of hydrogen-bond acceptors (Lipinski definition) is 4. The Bertz CT molecular complexity index is 663. The van der Waals surface area contributed by atoms with Crippen LogP contribution in [-0.2, 0) is 4.79 Å². The maximum Gasteiger partial charge on any atom is 0.232 e. The summed E-state index contributed by atoms with van der Waals surface area (Å²) in [5.74, 6) is 1.27. The van der Waals surface area contributed by atoms with Gasteiger partial charge in [-0.2, -0.15) is 4.98 Å². The number of aryl methyl sites for hydroxylation is 3. The van der Waals surface area contributed by atoms with Gasteiger partial charge in [0.1, 0.15) is 0 Å². The molecule has 5 heteroatoms. The molecule has 5 nitrogen and oxygen atoms in total. The van der Waals surface area contributed by atoms with Gasteiger partial charge in [-0.3, -0.25) is 4.79 Å². The molecule has 1 aromatic heterocycles. The molecule has 0 bridgehead atoms. The zero-order valence-corrected chi connectivity index (χ0v) is 11.9. The van der Waals surface area contributed by atoms with Gasteiger partial charge in [-0.25, -0.2) is 0 Å². The molecule has 0 aliphatic carbocycles. The zero-order chi connectivity index (χ0) is 14.3. The Morgan fingerprint density at radius 1 is 1.30 bits per heavy atom. The molecule has 1 aromatic carbocycles. The van der Waals surface area contributed by atoms with Crippen molar-refractivity contribution >= 4 is 11.6 Å². The van der Waals surface area contributed by atoms with E-state index < -0.39 is 0 Å². The molecule has 0 radical (unpaired) electrons. The molecule has 1 aliphatic heterocycles. The number of benzene rings is 1. The van der Waals surface area contributed by atoms with Crippen molar-refractivity contribution in [1.82, 2.24) is 10.1 Å². The molecule has 1 aliphatic rings. The summed E-state index contributed by atoms with van der Waals surface area (Å²) in [5, 5.41) is 3.80. The molecule has 1 saturated heterocycles. The van der Waals surface area contributed by atoms with E-state index in [2.05, 4.69) is 16.2 Å². The highest BCUT2D eigenvalue weighted by Gasteiger charge is 2.35. The number of amides is 1. The van der Waals surface area contributed by atoms with Gasteiger partial charge in [-0.15, -0.1) is 0 Å². The van der Waals surface area contributed by atoms with Crippen LogP contribution in [0.5, 0.6) is 0 Å². The van der Waals surface area contributed by atoms with Gasteiger partial charge >= 0.3 is 0 Å². The van der Waals surface area contributed by atoms with Crippen molar-refractivity contribution in [3.63, 3.8) is 0 Å². The summed E-state index contributed by atoms with van der Waals surface area (Å²) in [6.45, 7) is 6.46. The Morgan fingerprint density at radius 2 is 2.10 bits per heavy atom. The lowest BCUT2D eigenvalue weighted by atomic mass is 10.1. The van der Waals surface area contributed by atoms with Crippen LogP contribution in [0.3, 0.4) is 0 Å². The Hall–Kier alpha value is -2.17. The van der Waals surface area contributed by atoms with Crippen molar-refractivity contribution in [3.05, 3.63) is 41.0 Å². The van der Waals surface area contributed by atoms with Crippen LogP contribution < -0.4 is 4.90 Å². The third-order valence-corrected chi connectivity index (χ3v) is 3.66. The fourth-order valence-corrected chi connectivity index (χ4v) is 2.69. The van der Waals surface area contributed by atoms with E-state index in [4.69, 9.17) is 4.52 Å². The van der Waals surface area contributed by atoms with Crippen LogP contribution in [0.25, 0.3) is 0 Å². The quantitative estimate of drug-likeness (QED) is 0.842. The highest BCUT2D eigenvalue weighted by Crippen LogP contribution is 2.32. The molecule has 20 heavy (non-hydrogen) atoms. The molecular formula is C15H17N3O2. The summed E-state index contributed by atoms with van der Waals surface area (Å²) in [4.78, 5) is 18.3. The number of hydrogen-bond donors (Lipinski definition) is 0. The zero-order valence-electron chi connectivity index (χ0n) is 11.9. The van der Waals surface area contributed by atoms with E-state index in [1.807, 2.05) is 30.9 Å². The maximum atomic E-state index is 12.2. The molecular weight excluding hydrogens is 254 g/mol. The van der Waals surface area contributed by atoms with E-state index in [0.717, 1.165) is 11.3 Å². The summed E-state index contributed by atoms with van der Waals surface area (Å²) < 4.78 is 5.19. The fraction of sp³-hybridized carbons (Fsp3) is 0.400. The minimum atomic E-state index is -0.00981. The summed E-state index contributed by atoms with van der Waals surface area (Å²) in [6.07, 6.45) is 0.426. The van der Waals surface area contributed by atoms with E-state index in [0.29, 0.717) is 24.7 Å². The second-order valence-corrected chi connectivity index (χ2v) is 5.38.